The van der Waals surface area contributed by atoms with E-state index in [2.05, 4.69) is 70.2 Å². The quantitative estimate of drug-likeness (QED) is 0.646. The Morgan fingerprint density at radius 3 is 2.72 bits per heavy atom. The van der Waals surface area contributed by atoms with Crippen LogP contribution in [-0.2, 0) is 6.54 Å². The third kappa shape index (κ3) is 4.66. The number of aryl methyl sites for hydroxylation is 1. The monoisotopic (exact) mass is 387 g/mol. The van der Waals surface area contributed by atoms with Crippen molar-refractivity contribution >= 4 is 0 Å². The van der Waals surface area contributed by atoms with Crippen molar-refractivity contribution < 1.29 is 4.74 Å². The van der Waals surface area contributed by atoms with Gasteiger partial charge in [-0.3, -0.25) is 4.98 Å². The first-order valence-corrected chi connectivity index (χ1v) is 10.4. The molecule has 0 bridgehead atoms. The second-order valence-electron chi connectivity index (χ2n) is 7.66. The van der Waals surface area contributed by atoms with Gasteiger partial charge in [0.1, 0.15) is 5.75 Å². The van der Waals surface area contributed by atoms with Crippen molar-refractivity contribution in [1.29, 1.82) is 0 Å². The number of rotatable bonds is 6. The molecule has 0 spiro atoms. The van der Waals surface area contributed by atoms with Crippen LogP contribution in [0.5, 0.6) is 5.75 Å². The molecule has 1 aliphatic rings. The van der Waals surface area contributed by atoms with Gasteiger partial charge in [0.2, 0.25) is 0 Å². The first-order valence-electron chi connectivity index (χ1n) is 10.4. The Labute approximate surface area is 173 Å². The molecule has 2 aromatic carbocycles. The Hall–Kier alpha value is -2.69. The molecule has 4 heteroatoms. The molecule has 0 amide bonds. The molecule has 0 saturated carbocycles. The second-order valence-corrected chi connectivity index (χ2v) is 7.66. The highest BCUT2D eigenvalue weighted by molar-refractivity contribution is 5.62. The van der Waals surface area contributed by atoms with Gasteiger partial charge in [-0.25, -0.2) is 0 Å². The van der Waals surface area contributed by atoms with Crippen LogP contribution in [0.3, 0.4) is 0 Å². The van der Waals surface area contributed by atoms with E-state index >= 15 is 0 Å². The summed E-state index contributed by atoms with van der Waals surface area (Å²) in [5.74, 6) is 0.911. The van der Waals surface area contributed by atoms with Crippen molar-refractivity contribution in [1.82, 2.24) is 15.6 Å². The molecule has 4 nitrogen and oxygen atoms in total. The number of piperidine rings is 1. The van der Waals surface area contributed by atoms with Crippen LogP contribution in [0.1, 0.15) is 35.7 Å². The van der Waals surface area contributed by atoms with Crippen LogP contribution < -0.4 is 15.4 Å². The van der Waals surface area contributed by atoms with Gasteiger partial charge < -0.3 is 15.4 Å². The molecular formula is C25H29N3O. The van der Waals surface area contributed by atoms with Gasteiger partial charge >= 0.3 is 0 Å². The van der Waals surface area contributed by atoms with Crippen molar-refractivity contribution in [2.45, 2.75) is 38.4 Å². The molecule has 29 heavy (non-hydrogen) atoms. The highest BCUT2D eigenvalue weighted by atomic mass is 16.5. The fraction of sp³-hybridized carbons (Fsp3) is 0.320. The molecule has 1 fully saturated rings. The molecule has 3 aromatic rings. The number of nitrogens with zero attached hydrogens (tertiary/aromatic N) is 1. The number of nitrogens with one attached hydrogen (secondary N) is 2. The van der Waals surface area contributed by atoms with E-state index in [1.807, 2.05) is 19.1 Å². The summed E-state index contributed by atoms with van der Waals surface area (Å²) in [6.07, 6.45) is 2.35. The lowest BCUT2D eigenvalue weighted by Gasteiger charge is -2.34. The summed E-state index contributed by atoms with van der Waals surface area (Å²) in [6.45, 7) is 3.85. The maximum Gasteiger partial charge on any atom is 0.123 e. The first-order chi connectivity index (χ1) is 14.2. The molecule has 4 rings (SSSR count). The SMILES string of the molecule is COc1ccc(-c2cccc(C)n2)cc1CN[C@H]1CCCN[C@H]1c1ccccc1. The fourth-order valence-electron chi connectivity index (χ4n) is 4.14. The zero-order valence-corrected chi connectivity index (χ0v) is 17.2. The summed E-state index contributed by atoms with van der Waals surface area (Å²) in [5, 5.41) is 7.48. The first kappa shape index (κ1) is 19.6. The van der Waals surface area contributed by atoms with Gasteiger partial charge in [-0.2, -0.15) is 0 Å². The van der Waals surface area contributed by atoms with Crippen molar-refractivity contribution in [3.63, 3.8) is 0 Å². The molecule has 0 radical (unpaired) electrons. The van der Waals surface area contributed by atoms with Gasteiger partial charge in [0.15, 0.2) is 0 Å². The van der Waals surface area contributed by atoms with Gasteiger partial charge in [-0.15, -0.1) is 0 Å². The topological polar surface area (TPSA) is 46.2 Å². The van der Waals surface area contributed by atoms with E-state index in [9.17, 15) is 0 Å². The van der Waals surface area contributed by atoms with E-state index in [1.165, 1.54) is 12.0 Å². The van der Waals surface area contributed by atoms with Crippen LogP contribution in [0, 0.1) is 6.92 Å². The van der Waals surface area contributed by atoms with Crippen LogP contribution in [0.25, 0.3) is 11.3 Å². The number of hydrogen-bond donors (Lipinski definition) is 2. The zero-order chi connectivity index (χ0) is 20.1. The summed E-state index contributed by atoms with van der Waals surface area (Å²) in [4.78, 5) is 4.67. The lowest BCUT2D eigenvalue weighted by molar-refractivity contribution is 0.303. The molecule has 1 aromatic heterocycles. The third-order valence-electron chi connectivity index (χ3n) is 5.64. The predicted molar refractivity (Wildman–Crippen MR) is 118 cm³/mol. The van der Waals surface area contributed by atoms with Crippen LogP contribution in [0.2, 0.25) is 0 Å². The van der Waals surface area contributed by atoms with Crippen molar-refractivity contribution in [2.24, 2.45) is 0 Å². The third-order valence-corrected chi connectivity index (χ3v) is 5.64. The summed E-state index contributed by atoms with van der Waals surface area (Å²) >= 11 is 0. The molecule has 2 N–H and O–H groups in total. The van der Waals surface area contributed by atoms with Crippen LogP contribution in [0.15, 0.2) is 66.7 Å². The van der Waals surface area contributed by atoms with Crippen LogP contribution in [-0.4, -0.2) is 24.7 Å². The van der Waals surface area contributed by atoms with Gasteiger partial charge in [0.05, 0.1) is 12.8 Å². The lowest BCUT2D eigenvalue weighted by Crippen LogP contribution is -2.45. The number of pyridine rings is 1. The number of ether oxygens (including phenoxy) is 1. The molecule has 1 saturated heterocycles. The Balaban J connectivity index is 1.54. The van der Waals surface area contributed by atoms with Gasteiger partial charge in [-0.05, 0) is 62.2 Å². The van der Waals surface area contributed by atoms with E-state index in [0.29, 0.717) is 12.1 Å². The summed E-state index contributed by atoms with van der Waals surface area (Å²) in [6, 6.07) is 23.9. The van der Waals surface area contributed by atoms with Crippen LogP contribution in [0.4, 0.5) is 0 Å². The minimum atomic E-state index is 0.331. The Morgan fingerprint density at radius 2 is 1.93 bits per heavy atom. The standard InChI is InChI=1S/C25H29N3O/c1-18-8-6-11-22(28-18)20-13-14-24(29-2)21(16-20)17-27-23-12-7-15-26-25(23)19-9-4-3-5-10-19/h3-6,8-11,13-14,16,23,25-27H,7,12,15,17H2,1-2H3/t23-,25-/m0/s1. The smallest absolute Gasteiger partial charge is 0.123 e. The van der Waals surface area contributed by atoms with E-state index in [4.69, 9.17) is 4.74 Å². The van der Waals surface area contributed by atoms with Gasteiger partial charge in [0.25, 0.3) is 0 Å². The molecular weight excluding hydrogens is 358 g/mol. The predicted octanol–water partition coefficient (Wildman–Crippen LogP) is 4.65. The summed E-state index contributed by atoms with van der Waals surface area (Å²) in [5.41, 5.74) is 5.64. The average Bonchev–Trinajstić information content (AvgIpc) is 2.78. The number of benzene rings is 2. The lowest BCUT2D eigenvalue weighted by atomic mass is 9.92. The van der Waals surface area contributed by atoms with Gasteiger partial charge in [0, 0.05) is 35.4 Å². The average molecular weight is 388 g/mol. The van der Waals surface area contributed by atoms with E-state index in [1.54, 1.807) is 7.11 Å². The molecule has 1 aliphatic heterocycles. The van der Waals surface area contributed by atoms with Crippen molar-refractivity contribution in [2.75, 3.05) is 13.7 Å². The number of methoxy groups -OCH3 is 1. The molecule has 0 unspecified atom stereocenters. The second kappa shape index (κ2) is 9.21. The Morgan fingerprint density at radius 1 is 1.07 bits per heavy atom. The van der Waals surface area contributed by atoms with E-state index < -0.39 is 0 Å². The number of hydrogen-bond acceptors (Lipinski definition) is 4. The van der Waals surface area contributed by atoms with Crippen molar-refractivity contribution in [3.8, 4) is 17.0 Å². The van der Waals surface area contributed by atoms with E-state index in [0.717, 1.165) is 47.8 Å². The molecule has 0 aliphatic carbocycles. The minimum Gasteiger partial charge on any atom is -0.496 e. The largest absolute Gasteiger partial charge is 0.496 e. The van der Waals surface area contributed by atoms with Gasteiger partial charge in [-0.1, -0.05) is 36.4 Å². The maximum atomic E-state index is 5.64. The fourth-order valence-corrected chi connectivity index (χ4v) is 4.14. The Kier molecular flexibility index (Phi) is 6.23. The zero-order valence-electron chi connectivity index (χ0n) is 17.2. The minimum absolute atomic E-state index is 0.331. The summed E-state index contributed by atoms with van der Waals surface area (Å²) < 4.78 is 5.64. The molecule has 2 heterocycles. The Bertz CT molecular complexity index is 942. The van der Waals surface area contributed by atoms with E-state index in [-0.39, 0.29) is 0 Å². The highest BCUT2D eigenvalue weighted by Gasteiger charge is 2.25. The highest BCUT2D eigenvalue weighted by Crippen LogP contribution is 2.28. The van der Waals surface area contributed by atoms with Crippen molar-refractivity contribution in [3.05, 3.63) is 83.6 Å². The van der Waals surface area contributed by atoms with Crippen LogP contribution >= 0.6 is 0 Å². The maximum absolute atomic E-state index is 5.64. The normalized spacial score (nSPS) is 19.1. The molecule has 2 atom stereocenters. The summed E-state index contributed by atoms with van der Waals surface area (Å²) in [7, 11) is 1.73. The number of aromatic nitrogens is 1. The molecule has 150 valence electrons.